The summed E-state index contributed by atoms with van der Waals surface area (Å²) in [6.07, 6.45) is 4.68. The minimum absolute atomic E-state index is 0.367. The zero-order valence-electron chi connectivity index (χ0n) is 11.0. The molecule has 100 valence electrons. The average molecular weight is 249 g/mol. The van der Waals surface area contributed by atoms with Crippen LogP contribution in [0.15, 0.2) is 42.5 Å². The monoisotopic (exact) mass is 249 g/mol. The fourth-order valence-electron chi connectivity index (χ4n) is 1.57. The van der Waals surface area contributed by atoms with Gasteiger partial charge in [0.05, 0.1) is 19.3 Å². The number of aliphatic hydroxyl groups excluding tert-OH is 1. The Morgan fingerprint density at radius 2 is 2.11 bits per heavy atom. The van der Waals surface area contributed by atoms with Gasteiger partial charge in [0.2, 0.25) is 0 Å². The lowest BCUT2D eigenvalue weighted by molar-refractivity contribution is 0.0290. The Hall–Kier alpha value is -1.16. The second-order valence-corrected chi connectivity index (χ2v) is 4.22. The number of benzene rings is 1. The lowest BCUT2D eigenvalue weighted by Crippen LogP contribution is -2.30. The summed E-state index contributed by atoms with van der Waals surface area (Å²) >= 11 is 0. The van der Waals surface area contributed by atoms with Gasteiger partial charge in [-0.3, -0.25) is 0 Å². The zero-order chi connectivity index (χ0) is 13.1. The topological polar surface area (TPSA) is 41.5 Å². The number of ether oxygens (including phenoxy) is 1. The highest BCUT2D eigenvalue weighted by Gasteiger charge is 2.03. The van der Waals surface area contributed by atoms with E-state index in [0.29, 0.717) is 19.8 Å². The lowest BCUT2D eigenvalue weighted by Gasteiger charge is -2.12. The molecule has 0 aromatic heterocycles. The number of rotatable bonds is 9. The van der Waals surface area contributed by atoms with E-state index < -0.39 is 6.10 Å². The maximum atomic E-state index is 9.68. The Balaban J connectivity index is 2.01. The first-order valence-corrected chi connectivity index (χ1v) is 6.44. The molecule has 3 nitrogen and oxygen atoms in total. The van der Waals surface area contributed by atoms with Gasteiger partial charge in [-0.1, -0.05) is 42.5 Å². The van der Waals surface area contributed by atoms with Gasteiger partial charge >= 0.3 is 0 Å². The van der Waals surface area contributed by atoms with Crippen LogP contribution in [-0.4, -0.2) is 30.9 Å². The summed E-state index contributed by atoms with van der Waals surface area (Å²) in [6.45, 7) is 4.39. The molecular weight excluding hydrogens is 226 g/mol. The fraction of sp³-hybridized carbons (Fsp3) is 0.467. The van der Waals surface area contributed by atoms with Crippen LogP contribution in [-0.2, 0) is 11.3 Å². The molecule has 0 saturated carbocycles. The maximum absolute atomic E-state index is 9.68. The largest absolute Gasteiger partial charge is 0.389 e. The van der Waals surface area contributed by atoms with Crippen molar-refractivity contribution in [1.29, 1.82) is 0 Å². The molecule has 1 atom stereocenters. The molecule has 1 rings (SSSR count). The molecule has 0 aliphatic carbocycles. The number of hydrogen-bond acceptors (Lipinski definition) is 3. The molecule has 3 heteroatoms. The van der Waals surface area contributed by atoms with Crippen molar-refractivity contribution in [1.82, 2.24) is 5.32 Å². The van der Waals surface area contributed by atoms with Crippen molar-refractivity contribution in [3.8, 4) is 0 Å². The second-order valence-electron chi connectivity index (χ2n) is 4.22. The van der Waals surface area contributed by atoms with Gasteiger partial charge in [0, 0.05) is 6.54 Å². The van der Waals surface area contributed by atoms with Crippen LogP contribution in [0.1, 0.15) is 18.9 Å². The molecule has 0 bridgehead atoms. The number of nitrogens with one attached hydrogen (secondary N) is 1. The molecule has 0 radical (unpaired) electrons. The van der Waals surface area contributed by atoms with E-state index in [-0.39, 0.29) is 0 Å². The summed E-state index contributed by atoms with van der Waals surface area (Å²) in [4.78, 5) is 0. The molecule has 18 heavy (non-hydrogen) atoms. The minimum atomic E-state index is -0.445. The van der Waals surface area contributed by atoms with Crippen LogP contribution in [0.3, 0.4) is 0 Å². The molecule has 0 fully saturated rings. The maximum Gasteiger partial charge on any atom is 0.0897 e. The van der Waals surface area contributed by atoms with Crippen LogP contribution in [0.25, 0.3) is 0 Å². The van der Waals surface area contributed by atoms with Crippen molar-refractivity contribution in [2.45, 2.75) is 26.1 Å². The van der Waals surface area contributed by atoms with Crippen LogP contribution in [0.2, 0.25) is 0 Å². The molecule has 1 aromatic rings. The standard InChI is InChI=1S/C15H23NO2/c1-2-3-7-10-16-11-15(17)13-18-12-14-8-5-4-6-9-14/h2-6,8-9,15-17H,7,10-13H2,1H3/b3-2+. The molecule has 2 N–H and O–H groups in total. The number of hydrogen-bond donors (Lipinski definition) is 2. The van der Waals surface area contributed by atoms with Gasteiger partial charge in [0.25, 0.3) is 0 Å². The minimum Gasteiger partial charge on any atom is -0.389 e. The Morgan fingerprint density at radius 3 is 2.83 bits per heavy atom. The SMILES string of the molecule is C/C=C/CCNCC(O)COCc1ccccc1. The van der Waals surface area contributed by atoms with Gasteiger partial charge in [-0.25, -0.2) is 0 Å². The smallest absolute Gasteiger partial charge is 0.0897 e. The molecule has 0 saturated heterocycles. The van der Waals surface area contributed by atoms with Crippen LogP contribution in [0.4, 0.5) is 0 Å². The van der Waals surface area contributed by atoms with Gasteiger partial charge in [-0.05, 0) is 25.5 Å². The number of allylic oxidation sites excluding steroid dienone is 1. The molecule has 0 aliphatic rings. The van der Waals surface area contributed by atoms with Crippen molar-refractivity contribution in [3.05, 3.63) is 48.0 Å². The first-order chi connectivity index (χ1) is 8.83. The van der Waals surface area contributed by atoms with Crippen LogP contribution in [0, 0.1) is 0 Å². The van der Waals surface area contributed by atoms with Crippen molar-refractivity contribution >= 4 is 0 Å². The number of aliphatic hydroxyl groups is 1. The van der Waals surface area contributed by atoms with E-state index in [1.54, 1.807) is 0 Å². The second kappa shape index (κ2) is 9.83. The van der Waals surface area contributed by atoms with E-state index in [0.717, 1.165) is 18.5 Å². The molecule has 1 aromatic carbocycles. The Labute approximate surface area is 109 Å². The van der Waals surface area contributed by atoms with E-state index in [9.17, 15) is 5.11 Å². The summed E-state index contributed by atoms with van der Waals surface area (Å²) in [5.41, 5.74) is 1.13. The van der Waals surface area contributed by atoms with Crippen LogP contribution >= 0.6 is 0 Å². The molecule has 0 heterocycles. The third kappa shape index (κ3) is 7.22. The van der Waals surface area contributed by atoms with Gasteiger partial charge in [-0.2, -0.15) is 0 Å². The van der Waals surface area contributed by atoms with E-state index >= 15 is 0 Å². The molecule has 0 amide bonds. The summed E-state index contributed by atoms with van der Waals surface area (Å²) in [7, 11) is 0. The first-order valence-electron chi connectivity index (χ1n) is 6.44. The van der Waals surface area contributed by atoms with E-state index in [2.05, 4.69) is 11.4 Å². The molecular formula is C15H23NO2. The highest BCUT2D eigenvalue weighted by molar-refractivity contribution is 5.13. The van der Waals surface area contributed by atoms with Crippen molar-refractivity contribution < 1.29 is 9.84 Å². The van der Waals surface area contributed by atoms with Crippen LogP contribution in [0.5, 0.6) is 0 Å². The summed E-state index contributed by atoms with van der Waals surface area (Å²) < 4.78 is 5.46. The van der Waals surface area contributed by atoms with E-state index in [4.69, 9.17) is 4.74 Å². The predicted molar refractivity (Wildman–Crippen MR) is 74.4 cm³/mol. The van der Waals surface area contributed by atoms with Gasteiger partial charge in [0.1, 0.15) is 0 Å². The fourth-order valence-corrected chi connectivity index (χ4v) is 1.57. The summed E-state index contributed by atoms with van der Waals surface area (Å²) in [5, 5.41) is 12.9. The third-order valence-corrected chi connectivity index (χ3v) is 2.53. The molecule has 0 aliphatic heterocycles. The van der Waals surface area contributed by atoms with Crippen molar-refractivity contribution in [2.24, 2.45) is 0 Å². The highest BCUT2D eigenvalue weighted by atomic mass is 16.5. The van der Waals surface area contributed by atoms with Gasteiger partial charge in [-0.15, -0.1) is 0 Å². The quantitative estimate of drug-likeness (QED) is 0.520. The van der Waals surface area contributed by atoms with Crippen LogP contribution < -0.4 is 5.32 Å². The molecule has 0 spiro atoms. The van der Waals surface area contributed by atoms with Crippen molar-refractivity contribution in [2.75, 3.05) is 19.7 Å². The average Bonchev–Trinajstić information content (AvgIpc) is 2.40. The Kier molecular flexibility index (Phi) is 8.13. The van der Waals surface area contributed by atoms with E-state index in [1.807, 2.05) is 43.3 Å². The Morgan fingerprint density at radius 1 is 1.33 bits per heavy atom. The molecule has 1 unspecified atom stereocenters. The first kappa shape index (κ1) is 14.9. The predicted octanol–water partition coefficient (Wildman–Crippen LogP) is 2.12. The Bertz CT molecular complexity index is 325. The summed E-state index contributed by atoms with van der Waals surface area (Å²) in [6, 6.07) is 9.98. The van der Waals surface area contributed by atoms with E-state index in [1.165, 1.54) is 0 Å². The lowest BCUT2D eigenvalue weighted by atomic mass is 10.2. The van der Waals surface area contributed by atoms with Gasteiger partial charge in [0.15, 0.2) is 0 Å². The highest BCUT2D eigenvalue weighted by Crippen LogP contribution is 2.00. The summed E-state index contributed by atoms with van der Waals surface area (Å²) in [5.74, 6) is 0. The van der Waals surface area contributed by atoms with Crippen molar-refractivity contribution in [3.63, 3.8) is 0 Å². The third-order valence-electron chi connectivity index (χ3n) is 2.53. The zero-order valence-corrected chi connectivity index (χ0v) is 11.0. The normalized spacial score (nSPS) is 13.0. The van der Waals surface area contributed by atoms with Gasteiger partial charge < -0.3 is 15.2 Å².